The molecule has 0 spiro atoms. The molecule has 2 heteroatoms. The van der Waals surface area contributed by atoms with Crippen molar-refractivity contribution >= 4 is 0 Å². The molecule has 0 radical (unpaired) electrons. The van der Waals surface area contributed by atoms with Gasteiger partial charge in [0.05, 0.1) is 6.61 Å². The van der Waals surface area contributed by atoms with Crippen molar-refractivity contribution < 1.29 is 9.13 Å². The minimum atomic E-state index is -0.142. The predicted molar refractivity (Wildman–Crippen MR) is 81.2 cm³/mol. The number of methoxy groups -OCH3 is 1. The van der Waals surface area contributed by atoms with E-state index in [4.69, 9.17) is 4.74 Å². The highest BCUT2D eigenvalue weighted by Gasteiger charge is 2.19. The molecule has 110 valence electrons. The first kappa shape index (κ1) is 15.2. The number of halogens is 1. The molecule has 0 aliphatic heterocycles. The van der Waals surface area contributed by atoms with Crippen LogP contribution in [0, 0.1) is 17.7 Å². The molecule has 0 heterocycles. The third-order valence-electron chi connectivity index (χ3n) is 4.32. The van der Waals surface area contributed by atoms with Gasteiger partial charge in [-0.2, -0.15) is 0 Å². The highest BCUT2D eigenvalue weighted by molar-refractivity contribution is 5.16. The molecule has 0 atom stereocenters. The van der Waals surface area contributed by atoms with Crippen molar-refractivity contribution in [1.29, 1.82) is 0 Å². The molecule has 1 aromatic rings. The number of hydrogen-bond acceptors (Lipinski definition) is 1. The summed E-state index contributed by atoms with van der Waals surface area (Å²) in [5.41, 5.74) is 1.26. The molecule has 0 amide bonds. The summed E-state index contributed by atoms with van der Waals surface area (Å²) in [5.74, 6) is 1.44. The lowest BCUT2D eigenvalue weighted by Gasteiger charge is -2.26. The maximum Gasteiger partial charge on any atom is 0.123 e. The Morgan fingerprint density at radius 1 is 1.15 bits per heavy atom. The fraction of sp³-hybridized carbons (Fsp3) is 0.556. The van der Waals surface area contributed by atoms with E-state index in [2.05, 4.69) is 12.2 Å². The summed E-state index contributed by atoms with van der Waals surface area (Å²) in [6.45, 7) is 0.727. The van der Waals surface area contributed by atoms with E-state index < -0.39 is 0 Å². The Morgan fingerprint density at radius 3 is 2.50 bits per heavy atom. The van der Waals surface area contributed by atoms with E-state index >= 15 is 0 Å². The van der Waals surface area contributed by atoms with Crippen LogP contribution in [0.4, 0.5) is 4.39 Å². The second-order valence-corrected chi connectivity index (χ2v) is 5.83. The standard InChI is InChI=1S/C18H25FO/c1-20-14-2-3-15-4-6-16(7-5-15)8-9-17-10-12-18(19)13-11-17/h2-3,10-13,15-16H,4-9,14H2,1H3/b3-2+/t15-,16-. The van der Waals surface area contributed by atoms with Gasteiger partial charge < -0.3 is 4.74 Å². The van der Waals surface area contributed by atoms with Crippen molar-refractivity contribution in [3.63, 3.8) is 0 Å². The molecule has 1 saturated carbocycles. The minimum absolute atomic E-state index is 0.142. The second-order valence-electron chi connectivity index (χ2n) is 5.83. The average molecular weight is 276 g/mol. The first-order valence-corrected chi connectivity index (χ1v) is 7.68. The molecule has 20 heavy (non-hydrogen) atoms. The van der Waals surface area contributed by atoms with Crippen LogP contribution >= 0.6 is 0 Å². The van der Waals surface area contributed by atoms with Gasteiger partial charge in [-0.25, -0.2) is 4.39 Å². The largest absolute Gasteiger partial charge is 0.381 e. The number of benzene rings is 1. The molecule has 2 rings (SSSR count). The zero-order chi connectivity index (χ0) is 14.2. The van der Waals surface area contributed by atoms with Gasteiger partial charge in [-0.05, 0) is 68.1 Å². The van der Waals surface area contributed by atoms with Crippen molar-refractivity contribution in [2.24, 2.45) is 11.8 Å². The van der Waals surface area contributed by atoms with Crippen LogP contribution in [0.15, 0.2) is 36.4 Å². The van der Waals surface area contributed by atoms with E-state index in [0.29, 0.717) is 0 Å². The van der Waals surface area contributed by atoms with Gasteiger partial charge in [0.2, 0.25) is 0 Å². The summed E-state index contributed by atoms with van der Waals surface area (Å²) in [4.78, 5) is 0. The molecule has 1 nitrogen and oxygen atoms in total. The molecular weight excluding hydrogens is 251 g/mol. The first-order chi connectivity index (χ1) is 9.78. The van der Waals surface area contributed by atoms with Crippen LogP contribution in [0.2, 0.25) is 0 Å². The predicted octanol–water partition coefficient (Wildman–Crippen LogP) is 4.77. The van der Waals surface area contributed by atoms with Crippen LogP contribution in [0.1, 0.15) is 37.7 Å². The summed E-state index contributed by atoms with van der Waals surface area (Å²) in [6.07, 6.45) is 12.0. The van der Waals surface area contributed by atoms with Crippen LogP contribution in [0.3, 0.4) is 0 Å². The lowest BCUT2D eigenvalue weighted by molar-refractivity contribution is 0.232. The van der Waals surface area contributed by atoms with Crippen LogP contribution in [-0.2, 0) is 11.2 Å². The zero-order valence-corrected chi connectivity index (χ0v) is 12.4. The smallest absolute Gasteiger partial charge is 0.123 e. The van der Waals surface area contributed by atoms with Gasteiger partial charge >= 0.3 is 0 Å². The number of rotatable bonds is 6. The molecule has 0 aromatic heterocycles. The molecule has 0 unspecified atom stereocenters. The lowest BCUT2D eigenvalue weighted by Crippen LogP contribution is -2.13. The van der Waals surface area contributed by atoms with Gasteiger partial charge in [0.15, 0.2) is 0 Å². The second kappa shape index (κ2) is 8.21. The van der Waals surface area contributed by atoms with Gasteiger partial charge in [0.25, 0.3) is 0 Å². The Kier molecular flexibility index (Phi) is 6.25. The van der Waals surface area contributed by atoms with Crippen LogP contribution in [0.5, 0.6) is 0 Å². The monoisotopic (exact) mass is 276 g/mol. The highest BCUT2D eigenvalue weighted by atomic mass is 19.1. The molecule has 1 aliphatic carbocycles. The number of allylic oxidation sites excluding steroid dienone is 1. The van der Waals surface area contributed by atoms with E-state index in [-0.39, 0.29) is 5.82 Å². The van der Waals surface area contributed by atoms with Gasteiger partial charge in [-0.3, -0.25) is 0 Å². The van der Waals surface area contributed by atoms with Crippen LogP contribution in [-0.4, -0.2) is 13.7 Å². The maximum absolute atomic E-state index is 12.8. The number of hydrogen-bond donors (Lipinski definition) is 0. The summed E-state index contributed by atoms with van der Waals surface area (Å²) in [6, 6.07) is 6.95. The Morgan fingerprint density at radius 2 is 1.85 bits per heavy atom. The topological polar surface area (TPSA) is 9.23 Å². The fourth-order valence-electron chi connectivity index (χ4n) is 3.04. The van der Waals surface area contributed by atoms with Crippen molar-refractivity contribution in [3.05, 3.63) is 47.8 Å². The van der Waals surface area contributed by atoms with Gasteiger partial charge in [-0.1, -0.05) is 24.3 Å². The van der Waals surface area contributed by atoms with E-state index in [9.17, 15) is 4.39 Å². The third-order valence-corrected chi connectivity index (χ3v) is 4.32. The van der Waals surface area contributed by atoms with Gasteiger partial charge in [-0.15, -0.1) is 0 Å². The summed E-state index contributed by atoms with van der Waals surface area (Å²) in [5, 5.41) is 0. The van der Waals surface area contributed by atoms with Crippen molar-refractivity contribution in [3.8, 4) is 0 Å². The Labute approximate surface area is 121 Å². The SMILES string of the molecule is COC/C=C/[C@H]1CC[C@H](CCc2ccc(F)cc2)CC1. The summed E-state index contributed by atoms with van der Waals surface area (Å²) < 4.78 is 17.9. The van der Waals surface area contributed by atoms with Crippen LogP contribution in [0.25, 0.3) is 0 Å². The quantitative estimate of drug-likeness (QED) is 0.680. The molecular formula is C18H25FO. The Hall–Kier alpha value is -1.15. The van der Waals surface area contributed by atoms with Crippen molar-refractivity contribution in [2.75, 3.05) is 13.7 Å². The van der Waals surface area contributed by atoms with E-state index in [0.717, 1.165) is 24.9 Å². The van der Waals surface area contributed by atoms with E-state index in [1.54, 1.807) is 19.2 Å². The van der Waals surface area contributed by atoms with Crippen molar-refractivity contribution in [1.82, 2.24) is 0 Å². The fourth-order valence-corrected chi connectivity index (χ4v) is 3.04. The molecule has 0 bridgehead atoms. The molecule has 1 fully saturated rings. The van der Waals surface area contributed by atoms with Crippen molar-refractivity contribution in [2.45, 2.75) is 38.5 Å². The van der Waals surface area contributed by atoms with E-state index in [1.165, 1.54) is 37.7 Å². The maximum atomic E-state index is 12.8. The molecule has 1 aromatic carbocycles. The van der Waals surface area contributed by atoms with Gasteiger partial charge in [0.1, 0.15) is 5.82 Å². The lowest BCUT2D eigenvalue weighted by atomic mass is 9.79. The summed E-state index contributed by atoms with van der Waals surface area (Å²) >= 11 is 0. The normalized spacial score (nSPS) is 23.3. The molecule has 0 N–H and O–H groups in total. The molecule has 0 saturated heterocycles. The zero-order valence-electron chi connectivity index (χ0n) is 12.4. The Bertz CT molecular complexity index is 402. The van der Waals surface area contributed by atoms with Crippen LogP contribution < -0.4 is 0 Å². The minimum Gasteiger partial charge on any atom is -0.381 e. The van der Waals surface area contributed by atoms with Gasteiger partial charge in [0, 0.05) is 7.11 Å². The average Bonchev–Trinajstić information content (AvgIpc) is 2.48. The third kappa shape index (κ3) is 5.09. The molecule has 1 aliphatic rings. The Balaban J connectivity index is 1.68. The highest BCUT2D eigenvalue weighted by Crippen LogP contribution is 2.32. The number of aryl methyl sites for hydroxylation is 1. The summed E-state index contributed by atoms with van der Waals surface area (Å²) in [7, 11) is 1.73. The number of ether oxygens (including phenoxy) is 1. The van der Waals surface area contributed by atoms with E-state index in [1.807, 2.05) is 12.1 Å². The first-order valence-electron chi connectivity index (χ1n) is 7.68.